The highest BCUT2D eigenvalue weighted by molar-refractivity contribution is 7.95. The Morgan fingerprint density at radius 1 is 1.10 bits per heavy atom. The number of aryl methyl sites for hydroxylation is 1. The third-order valence-corrected chi connectivity index (χ3v) is 5.36. The van der Waals surface area contributed by atoms with Gasteiger partial charge in [0.2, 0.25) is 9.84 Å². The Balaban J connectivity index is 1.90. The molecule has 5 heteroatoms. The van der Waals surface area contributed by atoms with Crippen LogP contribution in [0.15, 0.2) is 52.3 Å². The van der Waals surface area contributed by atoms with Gasteiger partial charge in [-0.05, 0) is 36.8 Å². The summed E-state index contributed by atoms with van der Waals surface area (Å²) in [7, 11) is -3.50. The van der Waals surface area contributed by atoms with Gasteiger partial charge in [-0.1, -0.05) is 24.3 Å². The van der Waals surface area contributed by atoms with Gasteiger partial charge in [0, 0.05) is 11.3 Å². The third kappa shape index (κ3) is 2.29. The van der Waals surface area contributed by atoms with E-state index in [0.717, 1.165) is 5.56 Å². The van der Waals surface area contributed by atoms with E-state index in [-0.39, 0.29) is 16.4 Å². The van der Waals surface area contributed by atoms with Crippen molar-refractivity contribution in [2.24, 2.45) is 0 Å². The zero-order chi connectivity index (χ0) is 15.0. The molecule has 0 atom stereocenters. The highest BCUT2D eigenvalue weighted by Crippen LogP contribution is 2.36. The molecule has 0 amide bonds. The highest BCUT2D eigenvalue weighted by Gasteiger charge is 2.31. The summed E-state index contributed by atoms with van der Waals surface area (Å²) < 4.78 is 30.5. The molecule has 0 bridgehead atoms. The van der Waals surface area contributed by atoms with Gasteiger partial charge in [-0.2, -0.15) is 0 Å². The highest BCUT2D eigenvalue weighted by atomic mass is 32.2. The van der Waals surface area contributed by atoms with Crippen molar-refractivity contribution in [1.29, 1.82) is 0 Å². The van der Waals surface area contributed by atoms with Crippen molar-refractivity contribution in [3.05, 3.63) is 58.5 Å². The Kier molecular flexibility index (Phi) is 3.22. The second-order valence-corrected chi connectivity index (χ2v) is 6.90. The molecule has 21 heavy (non-hydrogen) atoms. The van der Waals surface area contributed by atoms with E-state index >= 15 is 0 Å². The van der Waals surface area contributed by atoms with Gasteiger partial charge in [-0.15, -0.1) is 0 Å². The number of para-hydroxylation sites is 1. The fourth-order valence-electron chi connectivity index (χ4n) is 2.32. The molecule has 108 valence electrons. The monoisotopic (exact) mass is 301 g/mol. The minimum Gasteiger partial charge on any atom is -0.488 e. The predicted molar refractivity (Wildman–Crippen MR) is 82.7 cm³/mol. The largest absolute Gasteiger partial charge is 0.488 e. The number of fused-ring (bicyclic) bond motifs is 1. The summed E-state index contributed by atoms with van der Waals surface area (Å²) in [4.78, 5) is 0.490. The zero-order valence-electron chi connectivity index (χ0n) is 11.5. The summed E-state index contributed by atoms with van der Waals surface area (Å²) in [6, 6.07) is 12.4. The molecule has 0 aliphatic carbocycles. The van der Waals surface area contributed by atoms with Gasteiger partial charge >= 0.3 is 0 Å². The van der Waals surface area contributed by atoms with Crippen LogP contribution in [0.5, 0.6) is 5.75 Å². The van der Waals surface area contributed by atoms with Crippen molar-refractivity contribution in [3.63, 3.8) is 0 Å². The lowest BCUT2D eigenvalue weighted by Crippen LogP contribution is -2.09. The first-order valence-corrected chi connectivity index (χ1v) is 8.01. The average molecular weight is 301 g/mol. The van der Waals surface area contributed by atoms with E-state index < -0.39 is 9.84 Å². The Bertz CT molecular complexity index is 838. The number of sulfone groups is 1. The number of nitrogen functional groups attached to an aromatic ring is 1. The summed E-state index contributed by atoms with van der Waals surface area (Å²) in [5, 5.41) is 0. The number of hydrogen-bond acceptors (Lipinski definition) is 4. The van der Waals surface area contributed by atoms with Gasteiger partial charge in [-0.3, -0.25) is 0 Å². The van der Waals surface area contributed by atoms with Crippen LogP contribution in [0.1, 0.15) is 11.1 Å². The molecule has 0 radical (unpaired) electrons. The van der Waals surface area contributed by atoms with Crippen LogP contribution in [0.3, 0.4) is 0 Å². The standard InChI is InChI=1S/C16H15NO3S/c1-11-5-2-3-7-15(11)20-10-12-9-13-14(17)6-4-8-16(13)21(12,18)19/h2-9H,10,17H2,1H3. The molecular weight excluding hydrogens is 286 g/mol. The zero-order valence-corrected chi connectivity index (χ0v) is 12.4. The number of nitrogens with two attached hydrogens (primary N) is 1. The van der Waals surface area contributed by atoms with Crippen LogP contribution in [-0.4, -0.2) is 15.0 Å². The van der Waals surface area contributed by atoms with Gasteiger partial charge in [0.05, 0.1) is 9.80 Å². The summed E-state index contributed by atoms with van der Waals surface area (Å²) in [6.45, 7) is 1.92. The Labute approximate surface area is 123 Å². The number of benzene rings is 2. The Morgan fingerprint density at radius 2 is 1.86 bits per heavy atom. The van der Waals surface area contributed by atoms with Gasteiger partial charge in [0.15, 0.2) is 0 Å². The summed E-state index contributed by atoms with van der Waals surface area (Å²) >= 11 is 0. The smallest absolute Gasteiger partial charge is 0.206 e. The summed E-state index contributed by atoms with van der Waals surface area (Å²) in [6.07, 6.45) is 1.60. The maximum Gasteiger partial charge on any atom is 0.206 e. The van der Waals surface area contributed by atoms with E-state index in [1.807, 2.05) is 31.2 Å². The molecule has 2 N–H and O–H groups in total. The van der Waals surface area contributed by atoms with Crippen LogP contribution in [-0.2, 0) is 9.84 Å². The molecule has 0 aromatic heterocycles. The van der Waals surface area contributed by atoms with Crippen LogP contribution in [0.4, 0.5) is 5.69 Å². The molecule has 1 aliphatic heterocycles. The van der Waals surface area contributed by atoms with E-state index in [2.05, 4.69) is 0 Å². The second-order valence-electron chi connectivity index (χ2n) is 4.93. The molecule has 3 rings (SSSR count). The topological polar surface area (TPSA) is 69.4 Å². The Hall–Kier alpha value is -2.27. The average Bonchev–Trinajstić information content (AvgIpc) is 2.71. The fraction of sp³-hybridized carbons (Fsp3) is 0.125. The molecule has 1 aliphatic rings. The molecule has 0 fully saturated rings. The van der Waals surface area contributed by atoms with Crippen molar-refractivity contribution in [3.8, 4) is 5.75 Å². The normalized spacial score (nSPS) is 15.4. The molecule has 0 unspecified atom stereocenters. The van der Waals surface area contributed by atoms with Crippen molar-refractivity contribution in [2.45, 2.75) is 11.8 Å². The molecule has 0 saturated heterocycles. The van der Waals surface area contributed by atoms with Crippen molar-refractivity contribution in [1.82, 2.24) is 0 Å². The first-order valence-electron chi connectivity index (χ1n) is 6.53. The van der Waals surface area contributed by atoms with Crippen molar-refractivity contribution >= 4 is 21.6 Å². The lowest BCUT2D eigenvalue weighted by molar-refractivity contribution is 0.356. The molecule has 2 aromatic rings. The predicted octanol–water partition coefficient (Wildman–Crippen LogP) is 2.78. The van der Waals surface area contributed by atoms with E-state index in [9.17, 15) is 8.42 Å². The van der Waals surface area contributed by atoms with Gasteiger partial charge in [0.25, 0.3) is 0 Å². The number of ether oxygens (including phenoxy) is 1. The van der Waals surface area contributed by atoms with E-state index in [4.69, 9.17) is 10.5 Å². The minimum absolute atomic E-state index is 0.00130. The first-order chi connectivity index (χ1) is 10.00. The first kappa shape index (κ1) is 13.7. The number of hydrogen-bond donors (Lipinski definition) is 1. The quantitative estimate of drug-likeness (QED) is 0.885. The van der Waals surface area contributed by atoms with Crippen LogP contribution in [0.2, 0.25) is 0 Å². The Morgan fingerprint density at radius 3 is 2.57 bits per heavy atom. The van der Waals surface area contributed by atoms with Gasteiger partial charge in [-0.25, -0.2) is 8.42 Å². The number of rotatable bonds is 3. The van der Waals surface area contributed by atoms with Crippen LogP contribution < -0.4 is 10.5 Å². The maximum absolute atomic E-state index is 12.4. The van der Waals surface area contributed by atoms with Gasteiger partial charge in [0.1, 0.15) is 12.4 Å². The number of anilines is 1. The summed E-state index contributed by atoms with van der Waals surface area (Å²) in [5.74, 6) is 0.678. The second kappa shape index (κ2) is 4.93. The molecule has 0 saturated carbocycles. The lowest BCUT2D eigenvalue weighted by Gasteiger charge is -2.09. The maximum atomic E-state index is 12.4. The minimum atomic E-state index is -3.50. The van der Waals surface area contributed by atoms with E-state index in [1.54, 1.807) is 24.3 Å². The summed E-state index contributed by atoms with van der Waals surface area (Å²) in [5.41, 5.74) is 7.82. The lowest BCUT2D eigenvalue weighted by atomic mass is 10.2. The van der Waals surface area contributed by atoms with Crippen molar-refractivity contribution in [2.75, 3.05) is 12.3 Å². The van der Waals surface area contributed by atoms with Crippen LogP contribution in [0, 0.1) is 6.92 Å². The molecular formula is C16H15NO3S. The molecule has 2 aromatic carbocycles. The van der Waals surface area contributed by atoms with Gasteiger partial charge < -0.3 is 10.5 Å². The van der Waals surface area contributed by atoms with Crippen molar-refractivity contribution < 1.29 is 13.2 Å². The van der Waals surface area contributed by atoms with Crippen LogP contribution >= 0.6 is 0 Å². The third-order valence-electron chi connectivity index (χ3n) is 3.50. The molecule has 4 nitrogen and oxygen atoms in total. The fourth-order valence-corrected chi connectivity index (χ4v) is 3.81. The van der Waals surface area contributed by atoms with E-state index in [1.165, 1.54) is 0 Å². The molecule has 0 spiro atoms. The van der Waals surface area contributed by atoms with Crippen LogP contribution in [0.25, 0.3) is 6.08 Å². The molecule has 1 heterocycles. The SMILES string of the molecule is Cc1ccccc1OCC1=Cc2c(N)cccc2S1(=O)=O. The van der Waals surface area contributed by atoms with E-state index in [0.29, 0.717) is 17.0 Å².